The van der Waals surface area contributed by atoms with Gasteiger partial charge in [0, 0.05) is 23.1 Å². The lowest BCUT2D eigenvalue weighted by molar-refractivity contribution is -0.120. The second-order valence-electron chi connectivity index (χ2n) is 6.95. The molecule has 1 aromatic rings. The minimum Gasteiger partial charge on any atom is -0.309 e. The van der Waals surface area contributed by atoms with E-state index >= 15 is 0 Å². The van der Waals surface area contributed by atoms with Crippen LogP contribution >= 0.6 is 0 Å². The number of anilines is 1. The molecule has 1 fully saturated rings. The van der Waals surface area contributed by atoms with Gasteiger partial charge in [0.2, 0.25) is 5.91 Å². The number of H-pyrrole nitrogens is 1. The first-order valence-electron chi connectivity index (χ1n) is 7.83. The normalized spacial score (nSPS) is 18.4. The SMILES string of the molecule is CC(C)(C)c1cc(NC(=O)C2CCCCCCC2)n[nH]1. The maximum absolute atomic E-state index is 12.3. The summed E-state index contributed by atoms with van der Waals surface area (Å²) < 4.78 is 0. The average Bonchev–Trinajstić information content (AvgIpc) is 2.76. The van der Waals surface area contributed by atoms with Crippen LogP contribution in [0.15, 0.2) is 6.07 Å². The summed E-state index contributed by atoms with van der Waals surface area (Å²) in [6.45, 7) is 6.38. The molecule has 0 atom stereocenters. The van der Waals surface area contributed by atoms with Crippen molar-refractivity contribution in [2.45, 2.75) is 71.1 Å². The van der Waals surface area contributed by atoms with Crippen LogP contribution in [0.25, 0.3) is 0 Å². The van der Waals surface area contributed by atoms with Crippen molar-refractivity contribution >= 4 is 11.7 Å². The summed E-state index contributed by atoms with van der Waals surface area (Å²) in [6, 6.07) is 1.95. The van der Waals surface area contributed by atoms with E-state index in [0.29, 0.717) is 5.82 Å². The number of carbonyl (C=O) groups is 1. The Hall–Kier alpha value is -1.32. The highest BCUT2D eigenvalue weighted by atomic mass is 16.1. The van der Waals surface area contributed by atoms with Gasteiger partial charge < -0.3 is 5.32 Å². The number of hydrogen-bond donors (Lipinski definition) is 2. The molecular weight excluding hydrogens is 250 g/mol. The quantitative estimate of drug-likeness (QED) is 0.858. The Labute approximate surface area is 121 Å². The molecule has 1 aliphatic rings. The van der Waals surface area contributed by atoms with Gasteiger partial charge in [-0.2, -0.15) is 5.10 Å². The van der Waals surface area contributed by atoms with Crippen molar-refractivity contribution in [3.05, 3.63) is 11.8 Å². The lowest BCUT2D eigenvalue weighted by atomic mass is 9.90. The molecule has 4 nitrogen and oxygen atoms in total. The average molecular weight is 277 g/mol. The molecule has 0 bridgehead atoms. The molecule has 0 aliphatic heterocycles. The second-order valence-corrected chi connectivity index (χ2v) is 6.95. The van der Waals surface area contributed by atoms with E-state index in [9.17, 15) is 4.79 Å². The van der Waals surface area contributed by atoms with Crippen molar-refractivity contribution in [1.82, 2.24) is 10.2 Å². The van der Waals surface area contributed by atoms with Crippen molar-refractivity contribution in [3.8, 4) is 0 Å². The van der Waals surface area contributed by atoms with Crippen LogP contribution in [0.3, 0.4) is 0 Å². The van der Waals surface area contributed by atoms with E-state index in [1.54, 1.807) is 0 Å². The monoisotopic (exact) mass is 277 g/mol. The number of nitrogens with one attached hydrogen (secondary N) is 2. The first-order chi connectivity index (χ1) is 9.47. The molecular formula is C16H27N3O. The lowest BCUT2D eigenvalue weighted by Gasteiger charge is -2.18. The van der Waals surface area contributed by atoms with Crippen LogP contribution in [0.2, 0.25) is 0 Å². The third-order valence-electron chi connectivity index (χ3n) is 4.11. The molecule has 0 spiro atoms. The first kappa shape index (κ1) is 15.1. The van der Waals surface area contributed by atoms with Crippen LogP contribution in [0, 0.1) is 5.92 Å². The van der Waals surface area contributed by atoms with E-state index in [-0.39, 0.29) is 17.2 Å². The number of aromatic amines is 1. The fraction of sp³-hybridized carbons (Fsp3) is 0.750. The summed E-state index contributed by atoms with van der Waals surface area (Å²) >= 11 is 0. The molecule has 0 radical (unpaired) electrons. The van der Waals surface area contributed by atoms with Gasteiger partial charge in [0.15, 0.2) is 5.82 Å². The van der Waals surface area contributed by atoms with Crippen molar-refractivity contribution in [3.63, 3.8) is 0 Å². The first-order valence-corrected chi connectivity index (χ1v) is 7.83. The number of amides is 1. The van der Waals surface area contributed by atoms with Crippen LogP contribution in [-0.4, -0.2) is 16.1 Å². The number of rotatable bonds is 2. The van der Waals surface area contributed by atoms with Gasteiger partial charge >= 0.3 is 0 Å². The molecule has 0 unspecified atom stereocenters. The van der Waals surface area contributed by atoms with Gasteiger partial charge in [0.25, 0.3) is 0 Å². The zero-order valence-electron chi connectivity index (χ0n) is 13.0. The Bertz CT molecular complexity index is 437. The van der Waals surface area contributed by atoms with Crippen molar-refractivity contribution in [2.75, 3.05) is 5.32 Å². The van der Waals surface area contributed by atoms with E-state index in [1.807, 2.05) is 6.07 Å². The third-order valence-corrected chi connectivity index (χ3v) is 4.11. The highest BCUT2D eigenvalue weighted by Crippen LogP contribution is 2.25. The second kappa shape index (κ2) is 6.42. The molecule has 1 heterocycles. The topological polar surface area (TPSA) is 57.8 Å². The van der Waals surface area contributed by atoms with Crippen LogP contribution in [0.4, 0.5) is 5.82 Å². The summed E-state index contributed by atoms with van der Waals surface area (Å²) in [5, 5.41) is 10.2. The predicted octanol–water partition coefficient (Wildman–Crippen LogP) is 4.01. The van der Waals surface area contributed by atoms with Gasteiger partial charge in [0.05, 0.1) is 0 Å². The molecule has 4 heteroatoms. The molecule has 1 aromatic heterocycles. The van der Waals surface area contributed by atoms with Crippen LogP contribution in [0.1, 0.15) is 71.4 Å². The smallest absolute Gasteiger partial charge is 0.228 e. The molecule has 2 rings (SSSR count). The van der Waals surface area contributed by atoms with Gasteiger partial charge in [-0.25, -0.2) is 0 Å². The molecule has 0 saturated heterocycles. The van der Waals surface area contributed by atoms with E-state index in [0.717, 1.165) is 18.5 Å². The Morgan fingerprint density at radius 1 is 1.20 bits per heavy atom. The van der Waals surface area contributed by atoms with E-state index < -0.39 is 0 Å². The molecule has 2 N–H and O–H groups in total. The summed E-state index contributed by atoms with van der Waals surface area (Å²) in [6.07, 6.45) is 8.23. The fourth-order valence-electron chi connectivity index (χ4n) is 2.72. The highest BCUT2D eigenvalue weighted by Gasteiger charge is 2.21. The predicted molar refractivity (Wildman–Crippen MR) is 81.7 cm³/mol. The molecule has 0 aromatic carbocycles. The van der Waals surface area contributed by atoms with E-state index in [2.05, 4.69) is 36.3 Å². The van der Waals surface area contributed by atoms with E-state index in [4.69, 9.17) is 0 Å². The van der Waals surface area contributed by atoms with Crippen molar-refractivity contribution in [1.29, 1.82) is 0 Å². The van der Waals surface area contributed by atoms with Gasteiger partial charge in [-0.1, -0.05) is 52.9 Å². The van der Waals surface area contributed by atoms with Gasteiger partial charge in [-0.05, 0) is 12.8 Å². The molecule has 1 amide bonds. The maximum atomic E-state index is 12.3. The number of hydrogen-bond acceptors (Lipinski definition) is 2. The minimum atomic E-state index is 0.0240. The van der Waals surface area contributed by atoms with Gasteiger partial charge in [-0.3, -0.25) is 9.89 Å². The summed E-state index contributed by atoms with van der Waals surface area (Å²) in [7, 11) is 0. The van der Waals surface area contributed by atoms with E-state index in [1.165, 1.54) is 32.1 Å². The standard InChI is InChI=1S/C16H27N3O/c1-16(2,3)13-11-14(19-18-13)17-15(20)12-9-7-5-4-6-8-10-12/h11-12H,4-10H2,1-3H3,(H2,17,18,19,20). The molecule has 20 heavy (non-hydrogen) atoms. The van der Waals surface area contributed by atoms with Crippen LogP contribution in [-0.2, 0) is 10.2 Å². The summed E-state index contributed by atoms with van der Waals surface area (Å²) in [5.74, 6) is 0.950. The molecule has 1 aliphatic carbocycles. The molecule has 112 valence electrons. The Morgan fingerprint density at radius 2 is 1.80 bits per heavy atom. The Balaban J connectivity index is 1.94. The maximum Gasteiger partial charge on any atom is 0.228 e. The van der Waals surface area contributed by atoms with Gasteiger partial charge in [0.1, 0.15) is 0 Å². The van der Waals surface area contributed by atoms with Crippen molar-refractivity contribution < 1.29 is 4.79 Å². The lowest BCUT2D eigenvalue weighted by Crippen LogP contribution is -2.23. The Morgan fingerprint density at radius 3 is 2.35 bits per heavy atom. The zero-order chi connectivity index (χ0) is 14.6. The molecule has 1 saturated carbocycles. The summed E-state index contributed by atoms with van der Waals surface area (Å²) in [4.78, 5) is 12.3. The van der Waals surface area contributed by atoms with Gasteiger partial charge in [-0.15, -0.1) is 0 Å². The number of nitrogens with zero attached hydrogens (tertiary/aromatic N) is 1. The zero-order valence-corrected chi connectivity index (χ0v) is 13.0. The van der Waals surface area contributed by atoms with Crippen LogP contribution in [0.5, 0.6) is 0 Å². The summed E-state index contributed by atoms with van der Waals surface area (Å²) in [5.41, 5.74) is 1.07. The Kier molecular flexibility index (Phi) is 4.84. The number of aromatic nitrogens is 2. The fourth-order valence-corrected chi connectivity index (χ4v) is 2.72. The highest BCUT2D eigenvalue weighted by molar-refractivity contribution is 5.91. The van der Waals surface area contributed by atoms with Crippen LogP contribution < -0.4 is 5.32 Å². The largest absolute Gasteiger partial charge is 0.309 e. The minimum absolute atomic E-state index is 0.0240. The third kappa shape index (κ3) is 4.09. The van der Waals surface area contributed by atoms with Crippen molar-refractivity contribution in [2.24, 2.45) is 5.92 Å². The number of carbonyl (C=O) groups excluding carboxylic acids is 1.